The van der Waals surface area contributed by atoms with Gasteiger partial charge in [0.25, 0.3) is 17.0 Å². The van der Waals surface area contributed by atoms with Crippen LogP contribution < -0.4 is 32.4 Å². The second-order valence-corrected chi connectivity index (χ2v) is 10.6. The fourth-order valence-electron chi connectivity index (χ4n) is 4.20. The summed E-state index contributed by atoms with van der Waals surface area (Å²) in [5.41, 5.74) is 0.0879. The summed E-state index contributed by atoms with van der Waals surface area (Å²) >= 11 is 0. The third kappa shape index (κ3) is 13.6. The molecule has 4 amide bonds. The maximum absolute atomic E-state index is 12.3. The van der Waals surface area contributed by atoms with Crippen LogP contribution in [0.4, 0.5) is 16.7 Å². The maximum atomic E-state index is 12.3. The molecule has 4 unspecified atom stereocenters. The molecule has 0 radical (unpaired) electrons. The van der Waals surface area contributed by atoms with E-state index in [2.05, 4.69) is 41.2 Å². The van der Waals surface area contributed by atoms with Crippen molar-refractivity contribution in [1.82, 2.24) is 30.6 Å². The lowest BCUT2D eigenvalue weighted by Gasteiger charge is -2.25. The summed E-state index contributed by atoms with van der Waals surface area (Å²) in [7, 11) is 0. The maximum Gasteiger partial charge on any atom is 0.321 e. The molecule has 0 fully saturated rings. The number of H-pyrrole nitrogens is 2. The van der Waals surface area contributed by atoms with Crippen molar-refractivity contribution < 1.29 is 39.6 Å². The number of amides is 4. The van der Waals surface area contributed by atoms with Gasteiger partial charge in [-0.05, 0) is 39.5 Å². The molecular weight excluding hydrogens is 608 g/mol. The van der Waals surface area contributed by atoms with Crippen molar-refractivity contribution in [1.29, 1.82) is 0 Å². The van der Waals surface area contributed by atoms with E-state index in [4.69, 9.17) is 0 Å². The first-order chi connectivity index (χ1) is 21.8. The quantitative estimate of drug-likeness (QED) is 0.0776. The second-order valence-electron chi connectivity index (χ2n) is 10.6. The van der Waals surface area contributed by atoms with E-state index in [1.165, 1.54) is 12.1 Å². The summed E-state index contributed by atoms with van der Waals surface area (Å²) in [5, 5.41) is 50.3. The van der Waals surface area contributed by atoms with Gasteiger partial charge >= 0.3 is 6.03 Å². The van der Waals surface area contributed by atoms with E-state index in [0.29, 0.717) is 49.9 Å². The lowest BCUT2D eigenvalue weighted by molar-refractivity contribution is -0.154. The molecule has 2 aromatic heterocycles. The van der Waals surface area contributed by atoms with Crippen LogP contribution in [0.25, 0.3) is 0 Å². The first-order valence-corrected chi connectivity index (χ1v) is 14.8. The summed E-state index contributed by atoms with van der Waals surface area (Å²) < 4.78 is 0. The van der Waals surface area contributed by atoms with Gasteiger partial charge in [0.15, 0.2) is 11.9 Å². The van der Waals surface area contributed by atoms with Crippen molar-refractivity contribution in [3.63, 3.8) is 0 Å². The third-order valence-electron chi connectivity index (χ3n) is 6.59. The number of hydrogen-bond donors (Lipinski definition) is 10. The number of rotatable bonds is 19. The van der Waals surface area contributed by atoms with Crippen LogP contribution >= 0.6 is 0 Å². The lowest BCUT2D eigenvalue weighted by Crippen LogP contribution is -2.52. The highest BCUT2D eigenvalue weighted by atomic mass is 16.4. The van der Waals surface area contributed by atoms with Crippen LogP contribution in [0.5, 0.6) is 0 Å². The molecule has 0 saturated heterocycles. The first kappa shape index (κ1) is 37.7. The van der Waals surface area contributed by atoms with Crippen LogP contribution in [-0.4, -0.2) is 101 Å². The Labute approximate surface area is 263 Å². The van der Waals surface area contributed by atoms with Gasteiger partial charge in [0.05, 0.1) is 0 Å². The number of aliphatic hydroxyl groups excluding tert-OH is 4. The molecule has 0 bridgehead atoms. The number of anilines is 2. The molecule has 2 aromatic rings. The second kappa shape index (κ2) is 19.1. The number of aliphatic hydroxyl groups is 4. The Bertz CT molecular complexity index is 1340. The molecule has 2 rings (SSSR count). The molecule has 0 aromatic carbocycles. The predicted octanol–water partition coefficient (Wildman–Crippen LogP) is -1.52. The molecule has 18 nitrogen and oxygen atoms in total. The minimum Gasteiger partial charge on any atom is -0.387 e. The Hall–Kier alpha value is -4.52. The number of urea groups is 1. The standard InChI is InChI=1S/C28H42N8O10/c1-15-13-19(39)34-26(31-15)33-18(38)10-6-4-7-11-29-25(45)24(44)23(43)22(42)21(41)17(37)9-5-3-8-12-30-28(46)36-27-32-16(2)14-20(40)35-27/h13-14,21-24,41-44H,3-12H2,1-2H3,(H,29,45)(H2,31,33,34,38,39)(H3,30,32,35,36,40,46). The molecule has 0 saturated carbocycles. The smallest absolute Gasteiger partial charge is 0.321 e. The van der Waals surface area contributed by atoms with Crippen LogP contribution in [-0.2, 0) is 14.4 Å². The van der Waals surface area contributed by atoms with Gasteiger partial charge in [-0.15, -0.1) is 0 Å². The van der Waals surface area contributed by atoms with Crippen LogP contribution in [0, 0.1) is 13.8 Å². The number of nitrogens with zero attached hydrogens (tertiary/aromatic N) is 2. The predicted molar refractivity (Wildman–Crippen MR) is 164 cm³/mol. The monoisotopic (exact) mass is 650 g/mol. The fraction of sp³-hybridized carbons (Fsp3) is 0.571. The summed E-state index contributed by atoms with van der Waals surface area (Å²) in [6.45, 7) is 3.55. The van der Waals surface area contributed by atoms with E-state index < -0.39 is 47.7 Å². The van der Waals surface area contributed by atoms with Crippen LogP contribution in [0.1, 0.15) is 62.8 Å². The van der Waals surface area contributed by atoms with E-state index in [1.54, 1.807) is 13.8 Å². The van der Waals surface area contributed by atoms with Gasteiger partial charge in [0.1, 0.15) is 18.3 Å². The van der Waals surface area contributed by atoms with Crippen molar-refractivity contribution >= 4 is 35.5 Å². The van der Waals surface area contributed by atoms with Gasteiger partial charge in [0.2, 0.25) is 17.8 Å². The number of hydrogen-bond acceptors (Lipinski definition) is 12. The molecule has 10 N–H and O–H groups in total. The zero-order valence-electron chi connectivity index (χ0n) is 25.7. The molecule has 0 aliphatic carbocycles. The Kier molecular flexibility index (Phi) is 15.6. The number of aromatic nitrogens is 4. The van der Waals surface area contributed by atoms with E-state index >= 15 is 0 Å². The lowest BCUT2D eigenvalue weighted by atomic mass is 9.97. The Balaban J connectivity index is 1.58. The molecule has 2 heterocycles. The Morgan fingerprint density at radius 2 is 1.20 bits per heavy atom. The van der Waals surface area contributed by atoms with E-state index in [9.17, 15) is 49.2 Å². The normalized spacial score (nSPS) is 13.6. The Morgan fingerprint density at radius 1 is 0.696 bits per heavy atom. The van der Waals surface area contributed by atoms with Gasteiger partial charge in [0, 0.05) is 49.5 Å². The van der Waals surface area contributed by atoms with Crippen LogP contribution in [0.15, 0.2) is 21.7 Å². The van der Waals surface area contributed by atoms with Crippen LogP contribution in [0.2, 0.25) is 0 Å². The largest absolute Gasteiger partial charge is 0.387 e. The molecule has 0 aliphatic rings. The molecule has 4 atom stereocenters. The SMILES string of the molecule is Cc1cc(=O)[nH]c(NC(=O)CCCCCNC(=O)C(O)C(O)C(O)C(O)C(=O)CCCCCNC(=O)Nc2nc(C)cc(=O)[nH]2)n1. The van der Waals surface area contributed by atoms with Crippen molar-refractivity contribution in [3.05, 3.63) is 44.2 Å². The van der Waals surface area contributed by atoms with Gasteiger partial charge in [-0.1, -0.05) is 12.8 Å². The molecule has 18 heteroatoms. The molecule has 0 aliphatic heterocycles. The van der Waals surface area contributed by atoms with Gasteiger partial charge in [-0.25, -0.2) is 14.8 Å². The van der Waals surface area contributed by atoms with Gasteiger partial charge in [-0.2, -0.15) is 0 Å². The number of carbonyl (C=O) groups excluding carboxylic acids is 4. The minimum atomic E-state index is -2.13. The third-order valence-corrected chi connectivity index (χ3v) is 6.59. The van der Waals surface area contributed by atoms with Crippen molar-refractivity contribution in [2.45, 2.75) is 89.6 Å². The zero-order chi connectivity index (χ0) is 34.2. The van der Waals surface area contributed by atoms with Gasteiger partial charge in [-0.3, -0.25) is 44.6 Å². The number of aryl methyl sites for hydroxylation is 2. The average molecular weight is 651 g/mol. The number of unbranched alkanes of at least 4 members (excludes halogenated alkanes) is 4. The zero-order valence-corrected chi connectivity index (χ0v) is 25.7. The highest BCUT2D eigenvalue weighted by Gasteiger charge is 2.36. The van der Waals surface area contributed by atoms with E-state index in [1.807, 2.05) is 0 Å². The average Bonchev–Trinajstić information content (AvgIpc) is 2.97. The molecule has 46 heavy (non-hydrogen) atoms. The van der Waals surface area contributed by atoms with Crippen molar-refractivity contribution in [2.75, 3.05) is 23.7 Å². The summed E-state index contributed by atoms with van der Waals surface area (Å²) in [6, 6.07) is 1.98. The first-order valence-electron chi connectivity index (χ1n) is 14.8. The molecular formula is C28H42N8O10. The minimum absolute atomic E-state index is 0.00192. The highest BCUT2D eigenvalue weighted by molar-refractivity contribution is 5.89. The number of ketones is 1. The number of Topliss-reactive ketones (excluding diaryl/α,β-unsaturated/α-hetero) is 1. The van der Waals surface area contributed by atoms with Crippen molar-refractivity contribution in [2.24, 2.45) is 0 Å². The Morgan fingerprint density at radius 3 is 1.76 bits per heavy atom. The molecule has 254 valence electrons. The van der Waals surface area contributed by atoms with Crippen LogP contribution in [0.3, 0.4) is 0 Å². The topological polar surface area (TPSA) is 289 Å². The van der Waals surface area contributed by atoms with Gasteiger partial charge < -0.3 is 31.1 Å². The highest BCUT2D eigenvalue weighted by Crippen LogP contribution is 2.11. The summed E-state index contributed by atoms with van der Waals surface area (Å²) in [5.74, 6) is -2.12. The fourth-order valence-corrected chi connectivity index (χ4v) is 4.20. The summed E-state index contributed by atoms with van der Waals surface area (Å²) in [4.78, 5) is 83.9. The van der Waals surface area contributed by atoms with E-state index in [0.717, 1.165) is 0 Å². The number of aromatic amines is 2. The molecule has 0 spiro atoms. The van der Waals surface area contributed by atoms with Crippen molar-refractivity contribution in [3.8, 4) is 0 Å². The van der Waals surface area contributed by atoms with E-state index in [-0.39, 0.29) is 49.3 Å². The number of nitrogens with one attached hydrogen (secondary N) is 6. The summed E-state index contributed by atoms with van der Waals surface area (Å²) in [6.07, 6.45) is -5.79. The number of carbonyl (C=O) groups is 4.